The van der Waals surface area contributed by atoms with Gasteiger partial charge >= 0.3 is 0 Å². The van der Waals surface area contributed by atoms with Crippen LogP contribution in [-0.2, 0) is 16.1 Å². The van der Waals surface area contributed by atoms with Crippen molar-refractivity contribution in [2.45, 2.75) is 62.9 Å². The molecule has 0 aromatic heterocycles. The highest BCUT2D eigenvalue weighted by atomic mass is 16.5. The first-order valence-corrected chi connectivity index (χ1v) is 11.4. The summed E-state index contributed by atoms with van der Waals surface area (Å²) in [5, 5.41) is 16.3. The van der Waals surface area contributed by atoms with Crippen molar-refractivity contribution < 1.29 is 19.4 Å². The quantitative estimate of drug-likeness (QED) is 0.583. The molecule has 0 aliphatic carbocycles. The number of amides is 2. The number of hydrogen-bond acceptors (Lipinski definition) is 6. The van der Waals surface area contributed by atoms with Gasteiger partial charge in [0, 0.05) is 51.2 Å². The fraction of sp³-hybridized carbons (Fsp3) is 0.652. The third kappa shape index (κ3) is 5.37. The predicted molar refractivity (Wildman–Crippen MR) is 117 cm³/mol. The van der Waals surface area contributed by atoms with Gasteiger partial charge in [0.1, 0.15) is 5.75 Å². The molecule has 3 heterocycles. The highest BCUT2D eigenvalue weighted by Gasteiger charge is 2.43. The summed E-state index contributed by atoms with van der Waals surface area (Å²) in [5.41, 5.74) is 1.18. The Morgan fingerprint density at radius 2 is 2.00 bits per heavy atom. The lowest BCUT2D eigenvalue weighted by atomic mass is 10.0. The van der Waals surface area contributed by atoms with Crippen molar-refractivity contribution in [2.24, 2.45) is 0 Å². The van der Waals surface area contributed by atoms with Crippen LogP contribution in [0.15, 0.2) is 24.3 Å². The first-order chi connectivity index (χ1) is 15.0. The highest BCUT2D eigenvalue weighted by Crippen LogP contribution is 2.26. The largest absolute Gasteiger partial charge is 0.497 e. The Morgan fingerprint density at radius 3 is 2.71 bits per heavy atom. The van der Waals surface area contributed by atoms with Gasteiger partial charge in [-0.05, 0) is 43.4 Å². The summed E-state index contributed by atoms with van der Waals surface area (Å²) >= 11 is 0. The number of piperidine rings is 1. The van der Waals surface area contributed by atoms with Crippen LogP contribution in [0.2, 0.25) is 0 Å². The topological polar surface area (TPSA) is 94.1 Å². The molecule has 3 aliphatic rings. The van der Waals surface area contributed by atoms with Gasteiger partial charge in [-0.15, -0.1) is 0 Å². The van der Waals surface area contributed by atoms with Gasteiger partial charge in [0.25, 0.3) is 0 Å². The number of piperazine rings is 1. The van der Waals surface area contributed by atoms with E-state index in [9.17, 15) is 14.7 Å². The van der Waals surface area contributed by atoms with Crippen molar-refractivity contribution in [1.82, 2.24) is 20.4 Å². The zero-order valence-corrected chi connectivity index (χ0v) is 18.3. The van der Waals surface area contributed by atoms with Crippen LogP contribution in [-0.4, -0.2) is 84.2 Å². The van der Waals surface area contributed by atoms with E-state index in [1.807, 2.05) is 17.0 Å². The number of carbonyl (C=O) groups excluding carboxylic acids is 2. The summed E-state index contributed by atoms with van der Waals surface area (Å²) in [6.45, 7) is 3.46. The number of carbonyl (C=O) groups is 2. The van der Waals surface area contributed by atoms with E-state index in [0.717, 1.165) is 31.7 Å². The van der Waals surface area contributed by atoms with Crippen molar-refractivity contribution in [3.63, 3.8) is 0 Å². The average molecular weight is 431 g/mol. The number of likely N-dealkylation sites (tertiary alicyclic amines) is 1. The van der Waals surface area contributed by atoms with Gasteiger partial charge in [-0.1, -0.05) is 12.1 Å². The molecule has 3 atom stereocenters. The number of aliphatic hydroxyl groups excluding tert-OH is 1. The van der Waals surface area contributed by atoms with E-state index in [-0.39, 0.29) is 36.0 Å². The van der Waals surface area contributed by atoms with Crippen molar-refractivity contribution in [1.29, 1.82) is 0 Å². The summed E-state index contributed by atoms with van der Waals surface area (Å²) in [4.78, 5) is 29.2. The summed E-state index contributed by atoms with van der Waals surface area (Å²) in [5.74, 6) is 1.10. The number of aliphatic hydroxyl groups is 1. The van der Waals surface area contributed by atoms with E-state index >= 15 is 0 Å². The molecule has 0 bridgehead atoms. The zero-order valence-electron chi connectivity index (χ0n) is 18.3. The van der Waals surface area contributed by atoms with E-state index in [2.05, 4.69) is 27.7 Å². The van der Waals surface area contributed by atoms with Gasteiger partial charge in [-0.25, -0.2) is 0 Å². The molecule has 3 unspecified atom stereocenters. The van der Waals surface area contributed by atoms with E-state index in [0.29, 0.717) is 38.9 Å². The van der Waals surface area contributed by atoms with Gasteiger partial charge < -0.3 is 25.4 Å². The normalized spacial score (nSPS) is 27.1. The lowest BCUT2D eigenvalue weighted by Crippen LogP contribution is -2.58. The fourth-order valence-corrected chi connectivity index (χ4v) is 4.96. The first kappa shape index (κ1) is 22.0. The lowest BCUT2D eigenvalue weighted by Gasteiger charge is -2.37. The molecule has 1 aromatic carbocycles. The van der Waals surface area contributed by atoms with Crippen LogP contribution >= 0.6 is 0 Å². The monoisotopic (exact) mass is 430 g/mol. The molecule has 31 heavy (non-hydrogen) atoms. The summed E-state index contributed by atoms with van der Waals surface area (Å²) in [7, 11) is 1.66. The molecule has 3 N–H and O–H groups in total. The van der Waals surface area contributed by atoms with Crippen LogP contribution in [0.3, 0.4) is 0 Å². The molecular weight excluding hydrogens is 396 g/mol. The van der Waals surface area contributed by atoms with Gasteiger partial charge in [-0.2, -0.15) is 0 Å². The van der Waals surface area contributed by atoms with Crippen molar-refractivity contribution in [2.75, 3.05) is 33.3 Å². The number of ether oxygens (including phenoxy) is 1. The Morgan fingerprint density at radius 1 is 1.26 bits per heavy atom. The van der Waals surface area contributed by atoms with E-state index < -0.39 is 0 Å². The van der Waals surface area contributed by atoms with E-state index in [1.54, 1.807) is 7.11 Å². The van der Waals surface area contributed by atoms with Crippen molar-refractivity contribution in [3.8, 4) is 5.75 Å². The number of methoxy groups -OCH3 is 1. The maximum atomic E-state index is 12.6. The Hall–Kier alpha value is -2.16. The molecule has 0 radical (unpaired) electrons. The molecular formula is C23H34N4O4. The molecule has 3 aliphatic heterocycles. The number of fused-ring (bicyclic) bond motifs is 1. The minimum Gasteiger partial charge on any atom is -0.497 e. The minimum absolute atomic E-state index is 0.0985. The molecule has 3 saturated heterocycles. The molecule has 0 saturated carbocycles. The molecule has 2 amide bonds. The summed E-state index contributed by atoms with van der Waals surface area (Å²) in [6, 6.07) is 8.33. The lowest BCUT2D eigenvalue weighted by molar-refractivity contribution is -0.134. The van der Waals surface area contributed by atoms with Gasteiger partial charge in [0.2, 0.25) is 11.8 Å². The highest BCUT2D eigenvalue weighted by molar-refractivity contribution is 5.83. The second-order valence-electron chi connectivity index (χ2n) is 8.92. The van der Waals surface area contributed by atoms with Crippen LogP contribution in [0, 0.1) is 0 Å². The maximum Gasteiger partial charge on any atom is 0.237 e. The fourth-order valence-electron chi connectivity index (χ4n) is 4.96. The first-order valence-electron chi connectivity index (χ1n) is 11.4. The molecule has 3 fully saturated rings. The molecule has 8 nitrogen and oxygen atoms in total. The van der Waals surface area contributed by atoms with Crippen molar-refractivity contribution in [3.05, 3.63) is 29.8 Å². The Bertz CT molecular complexity index is 763. The number of nitrogens with zero attached hydrogens (tertiary/aromatic N) is 2. The van der Waals surface area contributed by atoms with Crippen LogP contribution in [0.1, 0.15) is 37.7 Å². The van der Waals surface area contributed by atoms with E-state index in [4.69, 9.17) is 4.74 Å². The number of hydrogen-bond donors (Lipinski definition) is 3. The molecule has 1 aromatic rings. The van der Waals surface area contributed by atoms with Gasteiger partial charge in [0.05, 0.1) is 19.3 Å². The Balaban J connectivity index is 1.28. The molecule has 170 valence electrons. The minimum atomic E-state index is -0.273. The predicted octanol–water partition coefficient (Wildman–Crippen LogP) is 0.490. The summed E-state index contributed by atoms with van der Waals surface area (Å²) in [6.07, 6.45) is 3.09. The standard InChI is InChI=1S/C23H34N4O4/c1-31-20-5-2-16(3-6-20)13-24-17-12-21-23(30)25-14-18(27(21)15-17)4-7-22(29)26-10-8-19(28)9-11-26/h2-3,5-6,17-19,21,24,28H,4,7-15H2,1H3,(H,25,30). The zero-order chi connectivity index (χ0) is 21.8. The second kappa shape index (κ2) is 9.97. The van der Waals surface area contributed by atoms with Crippen LogP contribution in [0.25, 0.3) is 0 Å². The Labute approximate surface area is 183 Å². The second-order valence-corrected chi connectivity index (χ2v) is 8.92. The SMILES string of the molecule is COc1ccc(CNC2CC3C(=O)NCC(CCC(=O)N4CCC(O)CC4)N3C2)cc1. The molecule has 4 rings (SSSR count). The average Bonchev–Trinajstić information content (AvgIpc) is 3.23. The molecule has 8 heteroatoms. The number of benzene rings is 1. The van der Waals surface area contributed by atoms with E-state index in [1.165, 1.54) is 5.56 Å². The van der Waals surface area contributed by atoms with Gasteiger partial charge in [0.15, 0.2) is 0 Å². The third-order valence-corrected chi connectivity index (χ3v) is 6.89. The van der Waals surface area contributed by atoms with Crippen LogP contribution in [0.5, 0.6) is 5.75 Å². The van der Waals surface area contributed by atoms with Gasteiger partial charge in [-0.3, -0.25) is 14.5 Å². The third-order valence-electron chi connectivity index (χ3n) is 6.89. The molecule has 0 spiro atoms. The van der Waals surface area contributed by atoms with Crippen LogP contribution in [0.4, 0.5) is 0 Å². The smallest absolute Gasteiger partial charge is 0.237 e. The Kier molecular flexibility index (Phi) is 7.09. The maximum absolute atomic E-state index is 12.6. The van der Waals surface area contributed by atoms with Crippen molar-refractivity contribution >= 4 is 11.8 Å². The summed E-state index contributed by atoms with van der Waals surface area (Å²) < 4.78 is 5.21. The number of nitrogens with one attached hydrogen (secondary N) is 2. The number of rotatable bonds is 7. The van der Waals surface area contributed by atoms with Crippen LogP contribution < -0.4 is 15.4 Å².